The van der Waals surface area contributed by atoms with E-state index in [2.05, 4.69) is 50.0 Å². The minimum Gasteiger partial charge on any atom is -0.314 e. The van der Waals surface area contributed by atoms with E-state index in [1.165, 1.54) is 0 Å². The molecule has 4 nitrogen and oxygen atoms in total. The van der Waals surface area contributed by atoms with Crippen LogP contribution in [0.3, 0.4) is 0 Å². The van der Waals surface area contributed by atoms with Crippen molar-refractivity contribution in [2.45, 2.75) is 60.0 Å². The van der Waals surface area contributed by atoms with E-state index >= 15 is 0 Å². The summed E-state index contributed by atoms with van der Waals surface area (Å²) in [6.45, 7) is 13.0. The Morgan fingerprint density at radius 3 is 2.71 bits per heavy atom. The monoisotopic (exact) mass is 238 g/mol. The van der Waals surface area contributed by atoms with Gasteiger partial charge in [-0.2, -0.15) is 5.10 Å². The highest BCUT2D eigenvalue weighted by Crippen LogP contribution is 2.19. The zero-order chi connectivity index (χ0) is 12.9. The van der Waals surface area contributed by atoms with Crippen molar-refractivity contribution < 1.29 is 0 Å². The van der Waals surface area contributed by atoms with Crippen molar-refractivity contribution in [3.05, 3.63) is 12.2 Å². The molecule has 0 atom stereocenters. The molecule has 1 N–H and O–H groups in total. The lowest BCUT2D eigenvalue weighted by Gasteiger charge is -2.26. The van der Waals surface area contributed by atoms with E-state index in [0.717, 1.165) is 31.8 Å². The number of hydrogen-bond donors (Lipinski definition) is 1. The van der Waals surface area contributed by atoms with Gasteiger partial charge in [0.2, 0.25) is 0 Å². The molecule has 0 aromatic carbocycles. The summed E-state index contributed by atoms with van der Waals surface area (Å²) >= 11 is 0. The first kappa shape index (κ1) is 14.2. The molecule has 1 heterocycles. The van der Waals surface area contributed by atoms with E-state index in [-0.39, 0.29) is 5.41 Å². The average molecular weight is 238 g/mol. The molecule has 0 fully saturated rings. The third-order valence-electron chi connectivity index (χ3n) is 2.76. The van der Waals surface area contributed by atoms with E-state index in [1.807, 2.05) is 4.68 Å². The second kappa shape index (κ2) is 6.15. The highest BCUT2D eigenvalue weighted by Gasteiger charge is 2.21. The van der Waals surface area contributed by atoms with Gasteiger partial charge in [-0.3, -0.25) is 4.68 Å². The van der Waals surface area contributed by atoms with Crippen LogP contribution in [-0.2, 0) is 13.0 Å². The second-order valence-corrected chi connectivity index (χ2v) is 5.78. The fraction of sp³-hybridized carbons (Fsp3) is 0.846. The Hall–Kier alpha value is -0.900. The molecule has 0 aliphatic rings. The fourth-order valence-electron chi connectivity index (χ4n) is 1.79. The van der Waals surface area contributed by atoms with Crippen LogP contribution < -0.4 is 5.32 Å². The minimum absolute atomic E-state index is 0.211. The number of aryl methyl sites for hydroxylation is 1. The summed E-state index contributed by atoms with van der Waals surface area (Å²) < 4.78 is 2.02. The zero-order valence-electron chi connectivity index (χ0n) is 11.8. The highest BCUT2D eigenvalue weighted by molar-refractivity contribution is 4.91. The Bertz CT molecular complexity index is 328. The third kappa shape index (κ3) is 4.86. The van der Waals surface area contributed by atoms with Gasteiger partial charge in [0, 0.05) is 25.6 Å². The van der Waals surface area contributed by atoms with E-state index in [1.54, 1.807) is 6.33 Å². The van der Waals surface area contributed by atoms with Crippen molar-refractivity contribution in [2.24, 2.45) is 5.41 Å². The van der Waals surface area contributed by atoms with E-state index in [4.69, 9.17) is 0 Å². The quantitative estimate of drug-likeness (QED) is 0.792. The summed E-state index contributed by atoms with van der Waals surface area (Å²) in [6.07, 6.45) is 3.73. The molecule has 17 heavy (non-hydrogen) atoms. The van der Waals surface area contributed by atoms with Crippen LogP contribution in [0.5, 0.6) is 0 Å². The van der Waals surface area contributed by atoms with Crippen molar-refractivity contribution in [1.29, 1.82) is 0 Å². The van der Waals surface area contributed by atoms with Crippen LogP contribution in [-0.4, -0.2) is 27.4 Å². The van der Waals surface area contributed by atoms with Gasteiger partial charge in [0.15, 0.2) is 0 Å². The lowest BCUT2D eigenvalue weighted by molar-refractivity contribution is 0.313. The van der Waals surface area contributed by atoms with Crippen LogP contribution in [0.4, 0.5) is 0 Å². The second-order valence-electron chi connectivity index (χ2n) is 5.78. The molecule has 0 saturated carbocycles. The Balaban J connectivity index is 2.58. The molecule has 0 radical (unpaired) electrons. The summed E-state index contributed by atoms with van der Waals surface area (Å²) in [7, 11) is 0. The van der Waals surface area contributed by atoms with Crippen molar-refractivity contribution in [2.75, 3.05) is 6.54 Å². The number of hydrogen-bond acceptors (Lipinski definition) is 3. The highest BCUT2D eigenvalue weighted by atomic mass is 15.3. The van der Waals surface area contributed by atoms with Crippen LogP contribution in [0.25, 0.3) is 0 Å². The molecule has 1 rings (SSSR count). The third-order valence-corrected chi connectivity index (χ3v) is 2.76. The minimum atomic E-state index is 0.211. The topological polar surface area (TPSA) is 42.7 Å². The first-order chi connectivity index (χ1) is 7.94. The summed E-state index contributed by atoms with van der Waals surface area (Å²) in [5, 5.41) is 7.76. The Labute approximate surface area is 105 Å². The number of rotatable bonds is 7. The molecule has 0 bridgehead atoms. The molecule has 0 spiro atoms. The molecule has 0 aliphatic heterocycles. The van der Waals surface area contributed by atoms with Gasteiger partial charge in [-0.05, 0) is 11.8 Å². The van der Waals surface area contributed by atoms with Crippen LogP contribution >= 0.6 is 0 Å². The van der Waals surface area contributed by atoms with E-state index < -0.39 is 0 Å². The molecule has 0 aliphatic carbocycles. The Morgan fingerprint density at radius 2 is 2.12 bits per heavy atom. The molecule has 98 valence electrons. The molecular weight excluding hydrogens is 212 g/mol. The van der Waals surface area contributed by atoms with Crippen LogP contribution in [0, 0.1) is 5.41 Å². The molecule has 1 aromatic heterocycles. The summed E-state index contributed by atoms with van der Waals surface area (Å²) in [4.78, 5) is 4.37. The Morgan fingerprint density at radius 1 is 1.41 bits per heavy atom. The molecule has 0 unspecified atom stereocenters. The van der Waals surface area contributed by atoms with Crippen LogP contribution in [0.1, 0.15) is 46.9 Å². The SMILES string of the molecule is CCCn1ncnc1CC(C)(C)CNC(C)C. The summed E-state index contributed by atoms with van der Waals surface area (Å²) in [6, 6.07) is 0.530. The molecule has 4 heteroatoms. The van der Waals surface area contributed by atoms with Crippen molar-refractivity contribution in [3.8, 4) is 0 Å². The fourth-order valence-corrected chi connectivity index (χ4v) is 1.79. The Kier molecular flexibility index (Phi) is 5.12. The molecule has 0 amide bonds. The predicted octanol–water partition coefficient (Wildman–Crippen LogP) is 2.25. The zero-order valence-corrected chi connectivity index (χ0v) is 11.8. The predicted molar refractivity (Wildman–Crippen MR) is 70.9 cm³/mol. The first-order valence-electron chi connectivity index (χ1n) is 6.54. The van der Waals surface area contributed by atoms with E-state index in [0.29, 0.717) is 6.04 Å². The molecule has 1 aromatic rings. The van der Waals surface area contributed by atoms with Crippen molar-refractivity contribution in [1.82, 2.24) is 20.1 Å². The summed E-state index contributed by atoms with van der Waals surface area (Å²) in [5.74, 6) is 1.10. The maximum absolute atomic E-state index is 4.37. The van der Waals surface area contributed by atoms with Gasteiger partial charge in [0.25, 0.3) is 0 Å². The standard InChI is InChI=1S/C13H26N4/c1-6-7-17-12(15-10-16-17)8-13(4,5)9-14-11(2)3/h10-11,14H,6-9H2,1-5H3. The van der Waals surface area contributed by atoms with Crippen molar-refractivity contribution >= 4 is 0 Å². The maximum atomic E-state index is 4.37. The van der Waals surface area contributed by atoms with Crippen LogP contribution in [0.2, 0.25) is 0 Å². The van der Waals surface area contributed by atoms with Gasteiger partial charge in [0.1, 0.15) is 12.2 Å². The maximum Gasteiger partial charge on any atom is 0.138 e. The van der Waals surface area contributed by atoms with Gasteiger partial charge >= 0.3 is 0 Å². The number of nitrogens with zero attached hydrogens (tertiary/aromatic N) is 3. The number of aromatic nitrogens is 3. The summed E-state index contributed by atoms with van der Waals surface area (Å²) in [5.41, 5.74) is 0.211. The molecule has 0 saturated heterocycles. The average Bonchev–Trinajstić information content (AvgIpc) is 2.63. The van der Waals surface area contributed by atoms with Gasteiger partial charge in [-0.1, -0.05) is 34.6 Å². The number of nitrogens with one attached hydrogen (secondary N) is 1. The lowest BCUT2D eigenvalue weighted by atomic mass is 9.88. The van der Waals surface area contributed by atoms with Crippen molar-refractivity contribution in [3.63, 3.8) is 0 Å². The van der Waals surface area contributed by atoms with Gasteiger partial charge in [-0.15, -0.1) is 0 Å². The smallest absolute Gasteiger partial charge is 0.138 e. The lowest BCUT2D eigenvalue weighted by Crippen LogP contribution is -2.35. The normalized spacial score (nSPS) is 12.4. The first-order valence-corrected chi connectivity index (χ1v) is 6.54. The van der Waals surface area contributed by atoms with Gasteiger partial charge in [-0.25, -0.2) is 4.98 Å². The molecular formula is C13H26N4. The van der Waals surface area contributed by atoms with E-state index in [9.17, 15) is 0 Å². The van der Waals surface area contributed by atoms with Gasteiger partial charge < -0.3 is 5.32 Å². The van der Waals surface area contributed by atoms with Gasteiger partial charge in [0.05, 0.1) is 0 Å². The largest absolute Gasteiger partial charge is 0.314 e. The van der Waals surface area contributed by atoms with Crippen LogP contribution in [0.15, 0.2) is 6.33 Å².